The summed E-state index contributed by atoms with van der Waals surface area (Å²) in [7, 11) is 0. The summed E-state index contributed by atoms with van der Waals surface area (Å²) in [5, 5.41) is 8.62. The molecule has 0 spiro atoms. The van der Waals surface area contributed by atoms with E-state index in [9.17, 15) is 4.79 Å². The molecule has 1 amide bonds. The first-order chi connectivity index (χ1) is 17.1. The van der Waals surface area contributed by atoms with Crippen LogP contribution in [0.5, 0.6) is 11.5 Å². The summed E-state index contributed by atoms with van der Waals surface area (Å²) in [5.74, 6) is 2.22. The molecule has 2 aromatic carbocycles. The Hall–Kier alpha value is -4.14. The van der Waals surface area contributed by atoms with Crippen LogP contribution in [0.2, 0.25) is 0 Å². The Morgan fingerprint density at radius 1 is 1.11 bits per heavy atom. The van der Waals surface area contributed by atoms with Crippen LogP contribution in [0.1, 0.15) is 24.0 Å². The second-order valence-corrected chi connectivity index (χ2v) is 9.03. The van der Waals surface area contributed by atoms with Gasteiger partial charge in [0.15, 0.2) is 17.1 Å². The van der Waals surface area contributed by atoms with E-state index < -0.39 is 0 Å². The van der Waals surface area contributed by atoms with Crippen molar-refractivity contribution in [1.29, 1.82) is 0 Å². The first-order valence-electron chi connectivity index (χ1n) is 11.8. The number of nitrogens with one attached hydrogen (secondary N) is 1. The van der Waals surface area contributed by atoms with Gasteiger partial charge in [0.05, 0.1) is 17.0 Å². The van der Waals surface area contributed by atoms with Gasteiger partial charge in [-0.3, -0.25) is 4.79 Å². The highest BCUT2D eigenvalue weighted by Gasteiger charge is 2.28. The predicted molar refractivity (Wildman–Crippen MR) is 131 cm³/mol. The zero-order valence-electron chi connectivity index (χ0n) is 19.5. The Labute approximate surface area is 202 Å². The number of carbonyl (C=O) groups excluding carboxylic acids is 1. The number of carbonyl (C=O) groups is 1. The van der Waals surface area contributed by atoms with E-state index in [1.165, 1.54) is 5.56 Å². The Bertz CT molecular complexity index is 1380. The molecule has 0 aliphatic carbocycles. The molecule has 178 valence electrons. The van der Waals surface area contributed by atoms with Crippen LogP contribution >= 0.6 is 0 Å². The van der Waals surface area contributed by atoms with Crippen molar-refractivity contribution in [3.63, 3.8) is 0 Å². The van der Waals surface area contributed by atoms with Crippen molar-refractivity contribution in [2.75, 3.05) is 24.8 Å². The van der Waals surface area contributed by atoms with Crippen LogP contribution < -0.4 is 19.7 Å². The summed E-state index contributed by atoms with van der Waals surface area (Å²) in [4.78, 5) is 24.1. The maximum Gasteiger partial charge on any atom is 0.231 e. The van der Waals surface area contributed by atoms with Gasteiger partial charge in [-0.05, 0) is 49.6 Å². The Balaban J connectivity index is 1.17. The van der Waals surface area contributed by atoms with Crippen molar-refractivity contribution in [3.05, 3.63) is 66.1 Å². The van der Waals surface area contributed by atoms with Crippen molar-refractivity contribution in [1.82, 2.24) is 25.1 Å². The highest BCUT2D eigenvalue weighted by molar-refractivity contribution is 5.87. The summed E-state index contributed by atoms with van der Waals surface area (Å²) in [6, 6.07) is 13.9. The largest absolute Gasteiger partial charge is 0.454 e. The fraction of sp³-hybridized carbons (Fsp3) is 0.308. The van der Waals surface area contributed by atoms with E-state index >= 15 is 0 Å². The molecule has 0 saturated carbocycles. The van der Waals surface area contributed by atoms with Gasteiger partial charge in [0.2, 0.25) is 12.7 Å². The number of anilines is 1. The number of nitrogens with zero attached hydrogens (tertiary/aromatic N) is 5. The molecule has 4 heterocycles. The third-order valence-corrected chi connectivity index (χ3v) is 6.59. The summed E-state index contributed by atoms with van der Waals surface area (Å²) in [6.45, 7) is 4.20. The number of fused-ring (bicyclic) bond motifs is 2. The minimum absolute atomic E-state index is 0.0491. The second-order valence-electron chi connectivity index (χ2n) is 9.03. The number of amides is 1. The summed E-state index contributed by atoms with van der Waals surface area (Å²) in [6.07, 6.45) is 5.28. The van der Waals surface area contributed by atoms with Crippen LogP contribution in [0.25, 0.3) is 16.7 Å². The van der Waals surface area contributed by atoms with Crippen molar-refractivity contribution in [3.8, 4) is 17.2 Å². The number of ether oxygens (including phenoxy) is 2. The van der Waals surface area contributed by atoms with E-state index in [1.54, 1.807) is 6.33 Å². The first kappa shape index (κ1) is 21.4. The average Bonchev–Trinajstić information content (AvgIpc) is 3.54. The third kappa shape index (κ3) is 4.25. The summed E-state index contributed by atoms with van der Waals surface area (Å²) >= 11 is 0. The van der Waals surface area contributed by atoms with Gasteiger partial charge < -0.3 is 19.7 Å². The molecule has 0 radical (unpaired) electrons. The van der Waals surface area contributed by atoms with Gasteiger partial charge in [0, 0.05) is 25.8 Å². The van der Waals surface area contributed by atoms with Gasteiger partial charge in [0.1, 0.15) is 12.1 Å². The molecule has 1 unspecified atom stereocenters. The SMILES string of the molecule is Cc1ccc(-n2cc3c(N4CCCC(C(=O)NCc5ccc6c(c5)OCO6)C4)ncnc3n2)cc1. The standard InChI is InChI=1S/C26H26N6O3/c1-17-4-7-20(8-5-17)32-14-21-24(30-32)28-15-29-25(21)31-10-2-3-19(13-31)26(33)27-12-18-6-9-22-23(11-18)35-16-34-22/h4-9,11,14-15,19H,2-3,10,12-13,16H2,1H3,(H,27,33). The molecule has 2 aliphatic heterocycles. The van der Waals surface area contributed by atoms with Crippen molar-refractivity contribution in [2.24, 2.45) is 5.92 Å². The molecule has 1 atom stereocenters. The number of aromatic nitrogens is 4. The topological polar surface area (TPSA) is 94.4 Å². The molecule has 1 saturated heterocycles. The van der Waals surface area contributed by atoms with Gasteiger partial charge >= 0.3 is 0 Å². The number of aryl methyl sites for hydroxylation is 1. The lowest BCUT2D eigenvalue weighted by molar-refractivity contribution is -0.125. The van der Waals surface area contributed by atoms with E-state index in [1.807, 2.05) is 41.2 Å². The average molecular weight is 471 g/mol. The van der Waals surface area contributed by atoms with Crippen LogP contribution in [0.3, 0.4) is 0 Å². The third-order valence-electron chi connectivity index (χ3n) is 6.59. The lowest BCUT2D eigenvalue weighted by Gasteiger charge is -2.33. The predicted octanol–water partition coefficient (Wildman–Crippen LogP) is 3.39. The van der Waals surface area contributed by atoms with Gasteiger partial charge in [-0.15, -0.1) is 5.10 Å². The number of hydrogen-bond donors (Lipinski definition) is 1. The number of piperidine rings is 1. The summed E-state index contributed by atoms with van der Waals surface area (Å²) in [5.41, 5.74) is 3.79. The second kappa shape index (κ2) is 8.90. The van der Waals surface area contributed by atoms with Gasteiger partial charge in [-0.25, -0.2) is 14.6 Å². The van der Waals surface area contributed by atoms with Crippen molar-refractivity contribution in [2.45, 2.75) is 26.3 Å². The smallest absolute Gasteiger partial charge is 0.231 e. The first-order valence-corrected chi connectivity index (χ1v) is 11.8. The molecule has 0 bridgehead atoms. The van der Waals surface area contributed by atoms with E-state index in [-0.39, 0.29) is 18.6 Å². The van der Waals surface area contributed by atoms with Crippen molar-refractivity contribution < 1.29 is 14.3 Å². The van der Waals surface area contributed by atoms with Crippen LogP contribution in [0.15, 0.2) is 55.0 Å². The van der Waals surface area contributed by atoms with E-state index in [4.69, 9.17) is 9.47 Å². The molecular formula is C26H26N6O3. The van der Waals surface area contributed by atoms with Crippen molar-refractivity contribution >= 4 is 22.8 Å². The number of rotatable bonds is 5. The summed E-state index contributed by atoms with van der Waals surface area (Å²) < 4.78 is 12.6. The molecule has 9 nitrogen and oxygen atoms in total. The van der Waals surface area contributed by atoms with E-state index in [2.05, 4.69) is 44.3 Å². The van der Waals surface area contributed by atoms with E-state index in [0.717, 1.165) is 53.3 Å². The lowest BCUT2D eigenvalue weighted by atomic mass is 9.97. The lowest BCUT2D eigenvalue weighted by Crippen LogP contribution is -2.43. The molecule has 9 heteroatoms. The Morgan fingerprint density at radius 3 is 2.86 bits per heavy atom. The van der Waals surface area contributed by atoms with Gasteiger partial charge in [0.25, 0.3) is 0 Å². The molecule has 1 N–H and O–H groups in total. The van der Waals surface area contributed by atoms with Crippen LogP contribution in [-0.2, 0) is 11.3 Å². The number of hydrogen-bond acceptors (Lipinski definition) is 7. The fourth-order valence-corrected chi connectivity index (χ4v) is 4.68. The molecule has 35 heavy (non-hydrogen) atoms. The van der Waals surface area contributed by atoms with Gasteiger partial charge in [-0.1, -0.05) is 23.8 Å². The monoisotopic (exact) mass is 470 g/mol. The Kier molecular flexibility index (Phi) is 5.44. The quantitative estimate of drug-likeness (QED) is 0.478. The van der Waals surface area contributed by atoms with E-state index in [0.29, 0.717) is 18.7 Å². The normalized spacial score (nSPS) is 17.1. The van der Waals surface area contributed by atoms with Crippen LogP contribution in [0, 0.1) is 12.8 Å². The Morgan fingerprint density at radius 2 is 1.97 bits per heavy atom. The maximum absolute atomic E-state index is 13.0. The fourth-order valence-electron chi connectivity index (χ4n) is 4.68. The van der Waals surface area contributed by atoms with Crippen LogP contribution in [-0.4, -0.2) is 45.5 Å². The molecule has 1 fully saturated rings. The van der Waals surface area contributed by atoms with Crippen LogP contribution in [0.4, 0.5) is 5.82 Å². The van der Waals surface area contributed by atoms with Gasteiger partial charge in [-0.2, -0.15) is 0 Å². The highest BCUT2D eigenvalue weighted by Crippen LogP contribution is 2.32. The molecule has 2 aliphatic rings. The minimum atomic E-state index is -0.116. The zero-order chi connectivity index (χ0) is 23.8. The zero-order valence-corrected chi connectivity index (χ0v) is 19.5. The molecule has 6 rings (SSSR count). The highest BCUT2D eigenvalue weighted by atomic mass is 16.7. The molecule has 4 aromatic rings. The minimum Gasteiger partial charge on any atom is -0.454 e. The molecule has 2 aromatic heterocycles. The molecular weight excluding hydrogens is 444 g/mol. The number of benzene rings is 2. The maximum atomic E-state index is 13.0.